The minimum atomic E-state index is 0.343. The van der Waals surface area contributed by atoms with Crippen LogP contribution in [-0.4, -0.2) is 6.10 Å². The molecule has 0 spiro atoms. The number of ether oxygens (including phenoxy) is 1. The van der Waals surface area contributed by atoms with E-state index in [4.69, 9.17) is 4.74 Å². The topological polar surface area (TPSA) is 9.23 Å². The van der Waals surface area contributed by atoms with E-state index in [1.807, 2.05) is 0 Å². The number of halogens is 1. The molecule has 2 heteroatoms. The largest absolute Gasteiger partial charge is 0.490 e. The molecule has 2 unspecified atom stereocenters. The lowest BCUT2D eigenvalue weighted by molar-refractivity contribution is 0.254. The Morgan fingerprint density at radius 1 is 1.54 bits per heavy atom. The van der Waals surface area contributed by atoms with Crippen LogP contribution in [0.5, 0.6) is 5.75 Å². The van der Waals surface area contributed by atoms with Crippen LogP contribution in [0.1, 0.15) is 29.8 Å². The van der Waals surface area contributed by atoms with Gasteiger partial charge in [-0.2, -0.15) is 0 Å². The highest BCUT2D eigenvalue weighted by Gasteiger charge is 2.19. The van der Waals surface area contributed by atoms with Gasteiger partial charge in [-0.15, -0.1) is 0 Å². The van der Waals surface area contributed by atoms with E-state index in [0.29, 0.717) is 10.9 Å². The molecule has 2 rings (SSSR count). The number of hydrogen-bond acceptors (Lipinski definition) is 1. The van der Waals surface area contributed by atoms with Crippen LogP contribution >= 0.6 is 15.9 Å². The summed E-state index contributed by atoms with van der Waals surface area (Å²) < 4.78 is 5.63. The van der Waals surface area contributed by atoms with E-state index >= 15 is 0 Å². The maximum absolute atomic E-state index is 5.63. The fraction of sp³-hybridized carbons (Fsp3) is 0.455. The normalized spacial score (nSPS) is 22.2. The van der Waals surface area contributed by atoms with Gasteiger partial charge in [0.25, 0.3) is 0 Å². The molecule has 0 saturated heterocycles. The molecule has 0 radical (unpaired) electrons. The molecule has 1 aliphatic rings. The molecule has 1 aliphatic heterocycles. The van der Waals surface area contributed by atoms with E-state index in [9.17, 15) is 0 Å². The predicted molar refractivity (Wildman–Crippen MR) is 57.6 cm³/mol. The number of benzene rings is 1. The van der Waals surface area contributed by atoms with Crippen molar-refractivity contribution in [2.45, 2.75) is 31.2 Å². The zero-order valence-corrected chi connectivity index (χ0v) is 9.47. The van der Waals surface area contributed by atoms with Crippen molar-refractivity contribution in [3.63, 3.8) is 0 Å². The summed E-state index contributed by atoms with van der Waals surface area (Å²) in [6.07, 6.45) is 1.39. The van der Waals surface area contributed by atoms with E-state index in [0.717, 1.165) is 12.2 Å². The van der Waals surface area contributed by atoms with Crippen molar-refractivity contribution in [1.29, 1.82) is 0 Å². The van der Waals surface area contributed by atoms with Crippen LogP contribution in [0.3, 0.4) is 0 Å². The third-order valence-electron chi connectivity index (χ3n) is 2.38. The van der Waals surface area contributed by atoms with Crippen LogP contribution in [0.2, 0.25) is 0 Å². The smallest absolute Gasteiger partial charge is 0.123 e. The summed E-state index contributed by atoms with van der Waals surface area (Å²) >= 11 is 3.57. The molecule has 0 aliphatic carbocycles. The average molecular weight is 241 g/mol. The minimum absolute atomic E-state index is 0.343. The van der Waals surface area contributed by atoms with Crippen molar-refractivity contribution in [1.82, 2.24) is 0 Å². The Morgan fingerprint density at radius 3 is 3.00 bits per heavy atom. The second-order valence-corrected chi connectivity index (χ2v) is 4.99. The quantitative estimate of drug-likeness (QED) is 0.684. The molecule has 1 aromatic rings. The minimum Gasteiger partial charge on any atom is -0.490 e. The van der Waals surface area contributed by atoms with Crippen LogP contribution < -0.4 is 4.74 Å². The number of alkyl halides is 1. The fourth-order valence-corrected chi connectivity index (χ4v) is 1.97. The molecule has 13 heavy (non-hydrogen) atoms. The molecule has 0 saturated carbocycles. The number of rotatable bonds is 1. The van der Waals surface area contributed by atoms with Gasteiger partial charge in [0.05, 0.1) is 0 Å². The van der Waals surface area contributed by atoms with Crippen molar-refractivity contribution in [3.05, 3.63) is 29.3 Å². The molecule has 0 amide bonds. The highest BCUT2D eigenvalue weighted by atomic mass is 79.9. The Morgan fingerprint density at radius 2 is 2.31 bits per heavy atom. The summed E-state index contributed by atoms with van der Waals surface area (Å²) in [7, 11) is 0. The van der Waals surface area contributed by atoms with Crippen LogP contribution in [-0.2, 0) is 6.42 Å². The predicted octanol–water partition coefficient (Wildman–Crippen LogP) is 3.47. The Hall–Kier alpha value is -0.500. The zero-order chi connectivity index (χ0) is 9.42. The van der Waals surface area contributed by atoms with Crippen LogP contribution in [0, 0.1) is 0 Å². The van der Waals surface area contributed by atoms with E-state index in [1.54, 1.807) is 0 Å². The van der Waals surface area contributed by atoms with E-state index in [-0.39, 0.29) is 0 Å². The average Bonchev–Trinajstić information content (AvgIpc) is 2.42. The lowest BCUT2D eigenvalue weighted by atomic mass is 10.1. The Kier molecular flexibility index (Phi) is 2.33. The molecule has 1 nitrogen and oxygen atoms in total. The maximum Gasteiger partial charge on any atom is 0.123 e. The molecule has 1 heterocycles. The summed E-state index contributed by atoms with van der Waals surface area (Å²) in [6.45, 7) is 4.25. The molecule has 0 aromatic heterocycles. The summed E-state index contributed by atoms with van der Waals surface area (Å²) in [5.41, 5.74) is 2.67. The molecule has 0 fully saturated rings. The molecule has 1 aromatic carbocycles. The highest BCUT2D eigenvalue weighted by Crippen LogP contribution is 2.32. The standard InChI is InChI=1S/C11H13BrO/c1-7-5-10-6-9(8(2)12)3-4-11(10)13-7/h3-4,6-8H,5H2,1-2H3. The van der Waals surface area contributed by atoms with Gasteiger partial charge >= 0.3 is 0 Å². The third-order valence-corrected chi connectivity index (χ3v) is 2.91. The summed E-state index contributed by atoms with van der Waals surface area (Å²) in [5, 5.41) is 0. The van der Waals surface area contributed by atoms with Crippen LogP contribution in [0.15, 0.2) is 18.2 Å². The first-order valence-electron chi connectivity index (χ1n) is 4.60. The van der Waals surface area contributed by atoms with E-state index in [2.05, 4.69) is 48.0 Å². The number of hydrogen-bond donors (Lipinski definition) is 0. The molecule has 70 valence electrons. The molecular formula is C11H13BrO. The van der Waals surface area contributed by atoms with Crippen molar-refractivity contribution in [3.8, 4) is 5.75 Å². The van der Waals surface area contributed by atoms with E-state index in [1.165, 1.54) is 11.1 Å². The fourth-order valence-electron chi connectivity index (χ4n) is 1.69. The molecular weight excluding hydrogens is 228 g/mol. The molecule has 0 bridgehead atoms. The van der Waals surface area contributed by atoms with Gasteiger partial charge in [0.1, 0.15) is 11.9 Å². The van der Waals surface area contributed by atoms with Crippen molar-refractivity contribution in [2.75, 3.05) is 0 Å². The van der Waals surface area contributed by atoms with Gasteiger partial charge in [0, 0.05) is 11.2 Å². The monoisotopic (exact) mass is 240 g/mol. The summed E-state index contributed by atoms with van der Waals surface area (Å²) in [5.74, 6) is 1.06. The van der Waals surface area contributed by atoms with Gasteiger partial charge in [0.2, 0.25) is 0 Å². The summed E-state index contributed by atoms with van der Waals surface area (Å²) in [4.78, 5) is 0.425. The lowest BCUT2D eigenvalue weighted by Gasteiger charge is -2.05. The second-order valence-electron chi connectivity index (χ2n) is 3.62. The SMILES string of the molecule is CC1Cc2cc(C(C)Br)ccc2O1. The van der Waals surface area contributed by atoms with Gasteiger partial charge in [-0.25, -0.2) is 0 Å². The van der Waals surface area contributed by atoms with Gasteiger partial charge < -0.3 is 4.74 Å². The zero-order valence-electron chi connectivity index (χ0n) is 7.88. The van der Waals surface area contributed by atoms with Crippen molar-refractivity contribution < 1.29 is 4.74 Å². The van der Waals surface area contributed by atoms with E-state index < -0.39 is 0 Å². The Labute approximate surface area is 87.2 Å². The summed E-state index contributed by atoms with van der Waals surface area (Å²) in [6, 6.07) is 6.43. The molecule has 2 atom stereocenters. The van der Waals surface area contributed by atoms with Gasteiger partial charge in [-0.05, 0) is 31.0 Å². The van der Waals surface area contributed by atoms with Gasteiger partial charge in [-0.1, -0.05) is 28.1 Å². The van der Waals surface area contributed by atoms with Gasteiger partial charge in [-0.3, -0.25) is 0 Å². The van der Waals surface area contributed by atoms with Gasteiger partial charge in [0.15, 0.2) is 0 Å². The molecule has 0 N–H and O–H groups in total. The maximum atomic E-state index is 5.63. The first-order valence-corrected chi connectivity index (χ1v) is 5.52. The van der Waals surface area contributed by atoms with Crippen LogP contribution in [0.4, 0.5) is 0 Å². The first-order chi connectivity index (χ1) is 6.16. The Balaban J connectivity index is 2.35. The highest BCUT2D eigenvalue weighted by molar-refractivity contribution is 9.09. The Bertz CT molecular complexity index is 320. The van der Waals surface area contributed by atoms with Crippen LogP contribution in [0.25, 0.3) is 0 Å². The van der Waals surface area contributed by atoms with Crippen molar-refractivity contribution >= 4 is 15.9 Å². The first kappa shape index (κ1) is 9.07. The second kappa shape index (κ2) is 3.33. The lowest BCUT2D eigenvalue weighted by Crippen LogP contribution is -2.05. The van der Waals surface area contributed by atoms with Crippen molar-refractivity contribution in [2.24, 2.45) is 0 Å². The third kappa shape index (κ3) is 1.73. The number of fused-ring (bicyclic) bond motifs is 1.